The molecule has 1 aromatic heterocycles. The summed E-state index contributed by atoms with van der Waals surface area (Å²) in [5.74, 6) is -0.0534. The Bertz CT molecular complexity index is 611. The number of aromatic hydroxyl groups is 1. The Labute approximate surface area is 111 Å². The molecule has 0 spiro atoms. The minimum absolute atomic E-state index is 0.170. The first-order valence-corrected chi connectivity index (χ1v) is 5.94. The van der Waals surface area contributed by atoms with Gasteiger partial charge in [0.1, 0.15) is 5.75 Å². The zero-order valence-corrected chi connectivity index (χ0v) is 10.8. The van der Waals surface area contributed by atoms with Crippen LogP contribution >= 0.6 is 0 Å². The van der Waals surface area contributed by atoms with Crippen LogP contribution in [0, 0.1) is 13.8 Å². The van der Waals surface area contributed by atoms with Gasteiger partial charge in [-0.2, -0.15) is 10.2 Å². The fraction of sp³-hybridized carbons (Fsp3) is 0.214. The Kier molecular flexibility index (Phi) is 3.75. The summed E-state index contributed by atoms with van der Waals surface area (Å²) in [4.78, 5) is 12.0. The molecule has 0 aliphatic carbocycles. The van der Waals surface area contributed by atoms with E-state index in [1.165, 1.54) is 0 Å². The molecule has 5 nitrogen and oxygen atoms in total. The van der Waals surface area contributed by atoms with E-state index in [-0.39, 0.29) is 18.2 Å². The average molecular weight is 257 g/mol. The first-order valence-electron chi connectivity index (χ1n) is 5.94. The number of benzene rings is 1. The molecule has 0 aliphatic heterocycles. The van der Waals surface area contributed by atoms with Crippen LogP contribution in [0.5, 0.6) is 5.75 Å². The summed E-state index contributed by atoms with van der Waals surface area (Å²) < 4.78 is 0. The van der Waals surface area contributed by atoms with E-state index in [9.17, 15) is 9.90 Å². The third kappa shape index (κ3) is 3.07. The Morgan fingerprint density at radius 1 is 1.26 bits per heavy atom. The largest absolute Gasteiger partial charge is 0.508 e. The van der Waals surface area contributed by atoms with Gasteiger partial charge in [-0.3, -0.25) is 4.79 Å². The van der Waals surface area contributed by atoms with Gasteiger partial charge in [-0.05, 0) is 26.0 Å². The highest BCUT2D eigenvalue weighted by Crippen LogP contribution is 2.15. The van der Waals surface area contributed by atoms with Crippen molar-refractivity contribution in [2.75, 3.05) is 0 Å². The van der Waals surface area contributed by atoms with Crippen molar-refractivity contribution in [1.82, 2.24) is 15.5 Å². The molecule has 0 fully saturated rings. The maximum atomic E-state index is 12.0. The molecule has 0 atom stereocenters. The molecule has 1 amide bonds. The summed E-state index contributed by atoms with van der Waals surface area (Å²) in [7, 11) is 0. The molecule has 2 N–H and O–H groups in total. The molecule has 0 aliphatic rings. The number of carbonyl (C=O) groups is 1. The van der Waals surface area contributed by atoms with Gasteiger partial charge in [0.15, 0.2) is 0 Å². The average Bonchev–Trinajstić information content (AvgIpc) is 2.40. The van der Waals surface area contributed by atoms with Gasteiger partial charge in [0.2, 0.25) is 0 Å². The molecule has 0 saturated heterocycles. The number of aromatic nitrogens is 2. The van der Waals surface area contributed by atoms with E-state index < -0.39 is 0 Å². The zero-order chi connectivity index (χ0) is 13.8. The molecule has 19 heavy (non-hydrogen) atoms. The molecule has 0 bridgehead atoms. The fourth-order valence-corrected chi connectivity index (χ4v) is 1.71. The van der Waals surface area contributed by atoms with Crippen molar-refractivity contribution in [3.05, 3.63) is 52.8 Å². The first-order chi connectivity index (χ1) is 9.08. The van der Waals surface area contributed by atoms with E-state index in [1.54, 1.807) is 38.1 Å². The van der Waals surface area contributed by atoms with Gasteiger partial charge in [0, 0.05) is 12.1 Å². The normalized spacial score (nSPS) is 10.2. The summed E-state index contributed by atoms with van der Waals surface area (Å²) in [5.41, 5.74) is 2.45. The lowest BCUT2D eigenvalue weighted by molar-refractivity contribution is 0.0949. The van der Waals surface area contributed by atoms with Crippen LogP contribution in [0.2, 0.25) is 0 Å². The number of nitrogens with one attached hydrogen (secondary N) is 1. The summed E-state index contributed by atoms with van der Waals surface area (Å²) in [6.07, 6.45) is 0. The summed E-state index contributed by atoms with van der Waals surface area (Å²) >= 11 is 0. The number of amides is 1. The molecular weight excluding hydrogens is 242 g/mol. The quantitative estimate of drug-likeness (QED) is 0.878. The molecule has 1 aromatic carbocycles. The second-order valence-electron chi connectivity index (χ2n) is 4.30. The fourth-order valence-electron chi connectivity index (χ4n) is 1.71. The van der Waals surface area contributed by atoms with Crippen molar-refractivity contribution in [3.63, 3.8) is 0 Å². The minimum Gasteiger partial charge on any atom is -0.508 e. The summed E-state index contributed by atoms with van der Waals surface area (Å²) in [6, 6.07) is 8.59. The maximum Gasteiger partial charge on any atom is 0.253 e. The van der Waals surface area contributed by atoms with Crippen molar-refractivity contribution in [3.8, 4) is 5.75 Å². The van der Waals surface area contributed by atoms with Crippen molar-refractivity contribution < 1.29 is 9.90 Å². The van der Waals surface area contributed by atoms with Crippen LogP contribution in [0.4, 0.5) is 0 Å². The van der Waals surface area contributed by atoms with Gasteiger partial charge in [0.25, 0.3) is 5.91 Å². The van der Waals surface area contributed by atoms with Gasteiger partial charge in [-0.1, -0.05) is 18.2 Å². The van der Waals surface area contributed by atoms with Crippen molar-refractivity contribution in [2.45, 2.75) is 20.4 Å². The summed E-state index contributed by atoms with van der Waals surface area (Å²) in [5, 5.41) is 20.2. The minimum atomic E-state index is -0.223. The topological polar surface area (TPSA) is 75.1 Å². The standard InChI is InChI=1S/C14H15N3O2/c1-9-7-12(10(2)17-16-9)14(19)15-8-11-5-3-4-6-13(11)18/h3-7,18H,8H2,1-2H3,(H,15,19). The summed E-state index contributed by atoms with van der Waals surface area (Å²) in [6.45, 7) is 3.79. The molecular formula is C14H15N3O2. The number of hydrogen-bond donors (Lipinski definition) is 2. The molecule has 0 radical (unpaired) electrons. The van der Waals surface area contributed by atoms with Crippen LogP contribution in [0.3, 0.4) is 0 Å². The van der Waals surface area contributed by atoms with E-state index >= 15 is 0 Å². The van der Waals surface area contributed by atoms with Crippen molar-refractivity contribution in [2.24, 2.45) is 0 Å². The highest BCUT2D eigenvalue weighted by atomic mass is 16.3. The number of rotatable bonds is 3. The third-order valence-electron chi connectivity index (χ3n) is 2.78. The second kappa shape index (κ2) is 5.48. The predicted octanol–water partition coefficient (Wildman–Crippen LogP) is 1.73. The van der Waals surface area contributed by atoms with E-state index in [0.29, 0.717) is 22.5 Å². The number of nitrogens with zero attached hydrogens (tertiary/aromatic N) is 2. The lowest BCUT2D eigenvalue weighted by Gasteiger charge is -2.08. The Morgan fingerprint density at radius 2 is 2.00 bits per heavy atom. The second-order valence-corrected chi connectivity index (χ2v) is 4.30. The monoisotopic (exact) mass is 257 g/mol. The number of hydrogen-bond acceptors (Lipinski definition) is 4. The van der Waals surface area contributed by atoms with Gasteiger partial charge in [-0.15, -0.1) is 0 Å². The molecule has 1 heterocycles. The lowest BCUT2D eigenvalue weighted by atomic mass is 10.1. The van der Waals surface area contributed by atoms with E-state index in [4.69, 9.17) is 0 Å². The molecule has 2 rings (SSSR count). The smallest absolute Gasteiger partial charge is 0.253 e. The lowest BCUT2D eigenvalue weighted by Crippen LogP contribution is -2.24. The molecule has 98 valence electrons. The highest BCUT2D eigenvalue weighted by molar-refractivity contribution is 5.95. The van der Waals surface area contributed by atoms with Gasteiger partial charge in [-0.25, -0.2) is 0 Å². The van der Waals surface area contributed by atoms with Gasteiger partial charge >= 0.3 is 0 Å². The van der Waals surface area contributed by atoms with Gasteiger partial charge < -0.3 is 10.4 Å². The maximum absolute atomic E-state index is 12.0. The zero-order valence-electron chi connectivity index (χ0n) is 10.8. The van der Waals surface area contributed by atoms with Crippen LogP contribution in [0.1, 0.15) is 27.3 Å². The van der Waals surface area contributed by atoms with Crippen LogP contribution in [-0.2, 0) is 6.54 Å². The van der Waals surface area contributed by atoms with Crippen molar-refractivity contribution in [1.29, 1.82) is 0 Å². The van der Waals surface area contributed by atoms with Crippen LogP contribution < -0.4 is 5.32 Å². The number of phenolic OH excluding ortho intramolecular Hbond substituents is 1. The Balaban J connectivity index is 2.10. The molecule has 5 heteroatoms. The number of carbonyl (C=O) groups excluding carboxylic acids is 1. The number of phenols is 1. The number of para-hydroxylation sites is 1. The SMILES string of the molecule is Cc1cc(C(=O)NCc2ccccc2O)c(C)nn1. The first kappa shape index (κ1) is 13.0. The predicted molar refractivity (Wildman–Crippen MR) is 70.8 cm³/mol. The van der Waals surface area contributed by atoms with Crippen molar-refractivity contribution >= 4 is 5.91 Å². The third-order valence-corrected chi connectivity index (χ3v) is 2.78. The molecule has 0 unspecified atom stereocenters. The van der Waals surface area contributed by atoms with E-state index in [1.807, 2.05) is 6.07 Å². The van der Waals surface area contributed by atoms with Crippen LogP contribution in [0.25, 0.3) is 0 Å². The Hall–Kier alpha value is -2.43. The van der Waals surface area contributed by atoms with Crippen LogP contribution in [0.15, 0.2) is 30.3 Å². The highest BCUT2D eigenvalue weighted by Gasteiger charge is 2.11. The molecule has 0 saturated carbocycles. The molecule has 2 aromatic rings. The van der Waals surface area contributed by atoms with Gasteiger partial charge in [0.05, 0.1) is 17.0 Å². The number of aryl methyl sites for hydroxylation is 2. The Morgan fingerprint density at radius 3 is 2.74 bits per heavy atom. The van der Waals surface area contributed by atoms with E-state index in [0.717, 1.165) is 0 Å². The van der Waals surface area contributed by atoms with Crippen LogP contribution in [-0.4, -0.2) is 21.2 Å². The van der Waals surface area contributed by atoms with E-state index in [2.05, 4.69) is 15.5 Å².